The Bertz CT molecular complexity index is 1030. The average molecular weight is 450 g/mol. The first-order chi connectivity index (χ1) is 15.1. The molecule has 170 valence electrons. The zero-order valence-corrected chi connectivity index (χ0v) is 16.9. The zero-order valence-electron chi connectivity index (χ0n) is 16.9. The van der Waals surface area contributed by atoms with Gasteiger partial charge in [-0.3, -0.25) is 19.7 Å². The molecule has 0 aromatic heterocycles. The average Bonchev–Trinajstić information content (AvgIpc) is 3.12. The van der Waals surface area contributed by atoms with Gasteiger partial charge in [-0.2, -0.15) is 13.2 Å². The second kappa shape index (κ2) is 9.67. The number of rotatable bonds is 8. The number of anilines is 2. The maximum absolute atomic E-state index is 12.8. The van der Waals surface area contributed by atoms with Crippen LogP contribution in [0.1, 0.15) is 30.4 Å². The van der Waals surface area contributed by atoms with Gasteiger partial charge in [-0.15, -0.1) is 0 Å². The largest absolute Gasteiger partial charge is 0.416 e. The molecule has 0 unspecified atom stereocenters. The molecule has 0 saturated carbocycles. The Kier molecular flexibility index (Phi) is 6.96. The highest BCUT2D eigenvalue weighted by atomic mass is 19.4. The minimum Gasteiger partial charge on any atom is -0.379 e. The minimum atomic E-state index is -4.69. The number of nitrogens with one attached hydrogen (secondary N) is 2. The van der Waals surface area contributed by atoms with Crippen LogP contribution < -0.4 is 10.6 Å². The third-order valence-electron chi connectivity index (χ3n) is 4.94. The van der Waals surface area contributed by atoms with Crippen molar-refractivity contribution in [3.8, 4) is 0 Å². The number of carbonyl (C=O) groups is 2. The summed E-state index contributed by atoms with van der Waals surface area (Å²) < 4.78 is 38.3. The normalized spacial score (nSPS) is 13.8. The first kappa shape index (κ1) is 23.0. The van der Waals surface area contributed by atoms with E-state index in [-0.39, 0.29) is 30.5 Å². The summed E-state index contributed by atoms with van der Waals surface area (Å²) in [5, 5.41) is 16.5. The van der Waals surface area contributed by atoms with Crippen molar-refractivity contribution in [2.75, 3.05) is 23.7 Å². The number of nitrogens with zero attached hydrogens (tertiary/aromatic N) is 2. The van der Waals surface area contributed by atoms with E-state index in [9.17, 15) is 32.9 Å². The molecule has 2 amide bonds. The van der Waals surface area contributed by atoms with Crippen molar-refractivity contribution in [2.45, 2.75) is 32.0 Å². The van der Waals surface area contributed by atoms with E-state index in [2.05, 4.69) is 10.6 Å². The van der Waals surface area contributed by atoms with Crippen LogP contribution in [0, 0.1) is 10.1 Å². The van der Waals surface area contributed by atoms with Gasteiger partial charge in [-0.1, -0.05) is 12.1 Å². The molecule has 0 atom stereocenters. The maximum atomic E-state index is 12.8. The molecule has 0 aliphatic carbocycles. The number of nitro groups is 1. The van der Waals surface area contributed by atoms with Gasteiger partial charge in [0.2, 0.25) is 11.8 Å². The van der Waals surface area contributed by atoms with Crippen molar-refractivity contribution in [1.82, 2.24) is 4.90 Å². The lowest BCUT2D eigenvalue weighted by Crippen LogP contribution is -2.24. The van der Waals surface area contributed by atoms with E-state index < -0.39 is 22.4 Å². The van der Waals surface area contributed by atoms with Gasteiger partial charge in [-0.25, -0.2) is 0 Å². The number of halogens is 3. The van der Waals surface area contributed by atoms with Crippen LogP contribution in [0.5, 0.6) is 0 Å². The number of hydrogen-bond donors (Lipinski definition) is 2. The molecule has 1 saturated heterocycles. The molecular weight excluding hydrogens is 429 g/mol. The van der Waals surface area contributed by atoms with Crippen molar-refractivity contribution in [2.24, 2.45) is 0 Å². The molecule has 2 N–H and O–H groups in total. The zero-order chi connectivity index (χ0) is 23.3. The van der Waals surface area contributed by atoms with Crippen molar-refractivity contribution in [3.05, 3.63) is 63.7 Å². The highest BCUT2D eigenvalue weighted by Gasteiger charge is 2.33. The molecule has 1 aliphatic heterocycles. The summed E-state index contributed by atoms with van der Waals surface area (Å²) in [6.07, 6.45) is -3.38. The van der Waals surface area contributed by atoms with Gasteiger partial charge >= 0.3 is 6.18 Å². The van der Waals surface area contributed by atoms with Crippen molar-refractivity contribution >= 4 is 28.9 Å². The van der Waals surface area contributed by atoms with Crippen molar-refractivity contribution in [3.63, 3.8) is 0 Å². The van der Waals surface area contributed by atoms with Gasteiger partial charge in [0, 0.05) is 44.2 Å². The topological polar surface area (TPSA) is 105 Å². The highest BCUT2D eigenvalue weighted by molar-refractivity contribution is 5.91. The molecule has 1 aliphatic rings. The fraction of sp³-hybridized carbons (Fsp3) is 0.333. The van der Waals surface area contributed by atoms with E-state index in [0.717, 1.165) is 24.1 Å². The van der Waals surface area contributed by atoms with Crippen molar-refractivity contribution in [1.29, 1.82) is 0 Å². The number of nitro benzene ring substituents is 1. The summed E-state index contributed by atoms with van der Waals surface area (Å²) in [4.78, 5) is 35.9. The molecule has 32 heavy (non-hydrogen) atoms. The minimum absolute atomic E-state index is 0.0139. The first-order valence-electron chi connectivity index (χ1n) is 9.89. The maximum Gasteiger partial charge on any atom is 0.416 e. The number of amides is 2. The molecule has 0 bridgehead atoms. The molecule has 8 nitrogen and oxygen atoms in total. The molecular formula is C21H21F3N4O4. The van der Waals surface area contributed by atoms with Gasteiger partial charge in [0.05, 0.1) is 10.5 Å². The predicted octanol–water partition coefficient (Wildman–Crippen LogP) is 4.18. The Morgan fingerprint density at radius 2 is 1.97 bits per heavy atom. The third kappa shape index (κ3) is 5.96. The predicted molar refractivity (Wildman–Crippen MR) is 111 cm³/mol. The number of carbonyl (C=O) groups excluding carboxylic acids is 2. The van der Waals surface area contributed by atoms with E-state index in [4.69, 9.17) is 0 Å². The van der Waals surface area contributed by atoms with Gasteiger partial charge in [0.25, 0.3) is 5.69 Å². The number of benzene rings is 2. The lowest BCUT2D eigenvalue weighted by Gasteiger charge is -2.16. The molecule has 0 radical (unpaired) electrons. The molecule has 2 aromatic rings. The van der Waals surface area contributed by atoms with Crippen LogP contribution in [-0.2, 0) is 22.3 Å². The standard InChI is InChI=1S/C21H21F3N4O4/c22-21(23,24)15-6-7-17(18(12-15)28(31)32)25-9-8-19(29)26-16-4-1-3-14(11-16)13-27-10-2-5-20(27)30/h1,3-4,6-7,11-12,25H,2,5,8-10,13H2,(H,26,29). The number of likely N-dealkylation sites (tertiary alicyclic amines) is 1. The molecule has 2 aromatic carbocycles. The smallest absolute Gasteiger partial charge is 0.379 e. The quantitative estimate of drug-likeness (QED) is 0.464. The van der Waals surface area contributed by atoms with Crippen LogP contribution in [0.4, 0.5) is 30.2 Å². The lowest BCUT2D eigenvalue weighted by atomic mass is 10.1. The van der Waals surface area contributed by atoms with E-state index in [1.807, 2.05) is 6.07 Å². The molecule has 0 spiro atoms. The summed E-state index contributed by atoms with van der Waals surface area (Å²) in [5.41, 5.74) is -0.531. The van der Waals surface area contributed by atoms with E-state index in [0.29, 0.717) is 31.3 Å². The summed E-state index contributed by atoms with van der Waals surface area (Å²) in [6.45, 7) is 1.15. The van der Waals surface area contributed by atoms with Crippen LogP contribution >= 0.6 is 0 Å². The van der Waals surface area contributed by atoms with Gasteiger partial charge in [0.1, 0.15) is 5.69 Å². The Morgan fingerprint density at radius 1 is 1.19 bits per heavy atom. The second-order valence-corrected chi connectivity index (χ2v) is 7.33. The molecule has 3 rings (SSSR count). The Balaban J connectivity index is 1.55. The number of alkyl halides is 3. The van der Waals surface area contributed by atoms with Crippen LogP contribution in [0.2, 0.25) is 0 Å². The molecule has 11 heteroatoms. The first-order valence-corrected chi connectivity index (χ1v) is 9.89. The van der Waals surface area contributed by atoms with Crippen LogP contribution in [0.15, 0.2) is 42.5 Å². The second-order valence-electron chi connectivity index (χ2n) is 7.33. The fourth-order valence-corrected chi connectivity index (χ4v) is 3.38. The van der Waals surface area contributed by atoms with Gasteiger partial charge in [0.15, 0.2) is 0 Å². The Morgan fingerprint density at radius 3 is 2.62 bits per heavy atom. The van der Waals surface area contributed by atoms with Gasteiger partial charge < -0.3 is 15.5 Å². The Hall–Kier alpha value is -3.63. The van der Waals surface area contributed by atoms with Crippen LogP contribution in [0.25, 0.3) is 0 Å². The number of hydrogen-bond acceptors (Lipinski definition) is 5. The highest BCUT2D eigenvalue weighted by Crippen LogP contribution is 2.34. The molecule has 1 fully saturated rings. The lowest BCUT2D eigenvalue weighted by molar-refractivity contribution is -0.384. The van der Waals surface area contributed by atoms with Crippen molar-refractivity contribution < 1.29 is 27.7 Å². The van der Waals surface area contributed by atoms with Crippen LogP contribution in [0.3, 0.4) is 0 Å². The van der Waals surface area contributed by atoms with E-state index in [1.165, 1.54) is 0 Å². The molecule has 1 heterocycles. The summed E-state index contributed by atoms with van der Waals surface area (Å²) >= 11 is 0. The summed E-state index contributed by atoms with van der Waals surface area (Å²) in [7, 11) is 0. The Labute approximate surface area is 181 Å². The SMILES string of the molecule is O=C(CCNc1ccc(C(F)(F)F)cc1[N+](=O)[O-])Nc1cccc(CN2CCCC2=O)c1. The van der Waals surface area contributed by atoms with Gasteiger partial charge in [-0.05, 0) is 36.2 Å². The van der Waals surface area contributed by atoms with E-state index in [1.54, 1.807) is 23.1 Å². The van der Waals surface area contributed by atoms with E-state index >= 15 is 0 Å². The fourth-order valence-electron chi connectivity index (χ4n) is 3.38. The summed E-state index contributed by atoms with van der Waals surface area (Å²) in [6, 6.07) is 9.24. The monoisotopic (exact) mass is 450 g/mol. The third-order valence-corrected chi connectivity index (χ3v) is 4.94. The van der Waals surface area contributed by atoms with Crippen LogP contribution in [-0.4, -0.2) is 34.7 Å². The summed E-state index contributed by atoms with van der Waals surface area (Å²) in [5.74, 6) is -0.274.